The van der Waals surface area contributed by atoms with E-state index in [0.29, 0.717) is 19.4 Å². The highest BCUT2D eigenvalue weighted by Gasteiger charge is 2.18. The van der Waals surface area contributed by atoms with Gasteiger partial charge < -0.3 is 20.3 Å². The lowest BCUT2D eigenvalue weighted by atomic mass is 10.0. The Hall–Kier alpha value is -2.18. The van der Waals surface area contributed by atoms with E-state index in [1.165, 1.54) is 327 Å². The number of rotatable bonds is 70. The van der Waals surface area contributed by atoms with Crippen LogP contribution in [0, 0.1) is 0 Å². The van der Waals surface area contributed by atoms with E-state index in [9.17, 15) is 19.8 Å². The topological polar surface area (TPSA) is 95.9 Å². The second kappa shape index (κ2) is 72.3. The lowest BCUT2D eigenvalue weighted by molar-refractivity contribution is -0.143. The summed E-state index contributed by atoms with van der Waals surface area (Å²) in [5, 5.41) is 23.0. The van der Waals surface area contributed by atoms with Crippen molar-refractivity contribution in [3.8, 4) is 0 Å². The van der Waals surface area contributed by atoms with E-state index >= 15 is 0 Å². The van der Waals surface area contributed by atoms with Crippen LogP contribution in [0.15, 0.2) is 48.6 Å². The van der Waals surface area contributed by atoms with Gasteiger partial charge in [-0.1, -0.05) is 351 Å². The van der Waals surface area contributed by atoms with Gasteiger partial charge in [0.1, 0.15) is 0 Å². The van der Waals surface area contributed by atoms with E-state index in [2.05, 4.69) is 55.6 Å². The Kier molecular flexibility index (Phi) is 70.4. The highest BCUT2D eigenvalue weighted by Crippen LogP contribution is 2.18. The number of aliphatic hydroxyl groups is 2. The maximum Gasteiger partial charge on any atom is 0.305 e. The summed E-state index contributed by atoms with van der Waals surface area (Å²) in [5.41, 5.74) is 0. The smallest absolute Gasteiger partial charge is 0.305 e. The molecule has 6 heteroatoms. The molecule has 2 unspecified atom stereocenters. The molecule has 0 saturated heterocycles. The maximum absolute atomic E-state index is 12.4. The molecule has 2 atom stereocenters. The highest BCUT2D eigenvalue weighted by atomic mass is 16.5. The zero-order valence-electron chi connectivity index (χ0n) is 55.9. The monoisotopic (exact) mass is 1160 g/mol. The van der Waals surface area contributed by atoms with Crippen LogP contribution in [0.3, 0.4) is 0 Å². The standard InChI is InChI=1S/C77H145NO5/c1-3-5-7-9-11-13-15-16-17-41-45-48-51-55-59-63-67-71-77(82)83-72-68-64-60-56-52-49-46-43-40-38-36-34-32-30-28-26-24-22-20-18-19-21-23-25-27-29-31-33-35-37-39-42-44-47-50-54-58-62-66-70-76(81)78-74(73-79)75(80)69-65-61-57-53-14-12-10-8-6-4-2/h16-19,22,24,65,69,74-75,79-80H,3-15,20-21,23,25-64,66-68,70-73H2,1-2H3,(H,78,81)/b17-16-,19-18-,24-22-,69-65+. The number of esters is 1. The molecule has 0 radical (unpaired) electrons. The molecular formula is C77H145NO5. The van der Waals surface area contributed by atoms with Crippen LogP contribution >= 0.6 is 0 Å². The summed E-state index contributed by atoms with van der Waals surface area (Å²) < 4.78 is 5.51. The van der Waals surface area contributed by atoms with Gasteiger partial charge in [-0.3, -0.25) is 9.59 Å². The van der Waals surface area contributed by atoms with E-state index in [-0.39, 0.29) is 18.5 Å². The summed E-state index contributed by atoms with van der Waals surface area (Å²) >= 11 is 0. The molecule has 3 N–H and O–H groups in total. The number of ether oxygens (including phenoxy) is 1. The minimum Gasteiger partial charge on any atom is -0.466 e. The third kappa shape index (κ3) is 68.8. The SMILES string of the molecule is CCCCCCCC/C=C\CCCCCCCCCC(=O)OCCCCCCCCCCCCCCCCC/C=C\C/C=C\CCCCCCCCCCCCCCCCCCCC(=O)NC(CO)C(O)/C=C/CCCCCCCCCC. The van der Waals surface area contributed by atoms with Crippen LogP contribution < -0.4 is 5.32 Å². The van der Waals surface area contributed by atoms with E-state index in [1.807, 2.05) is 6.08 Å². The Labute approximate surface area is 518 Å². The van der Waals surface area contributed by atoms with Crippen LogP contribution in [0.2, 0.25) is 0 Å². The number of hydrogen-bond donors (Lipinski definition) is 3. The van der Waals surface area contributed by atoms with Gasteiger partial charge in [0, 0.05) is 12.8 Å². The van der Waals surface area contributed by atoms with Gasteiger partial charge in [-0.05, 0) is 89.9 Å². The maximum atomic E-state index is 12.4. The molecule has 0 spiro atoms. The van der Waals surface area contributed by atoms with E-state index < -0.39 is 12.1 Å². The van der Waals surface area contributed by atoms with Gasteiger partial charge in [0.2, 0.25) is 5.91 Å². The predicted octanol–water partition coefficient (Wildman–Crippen LogP) is 24.4. The molecule has 0 aromatic rings. The summed E-state index contributed by atoms with van der Waals surface area (Å²) in [6, 6.07) is -0.624. The van der Waals surface area contributed by atoms with Gasteiger partial charge >= 0.3 is 5.97 Å². The minimum absolute atomic E-state index is 0.0170. The Morgan fingerprint density at radius 1 is 0.337 bits per heavy atom. The summed E-state index contributed by atoms with van der Waals surface area (Å²) in [4.78, 5) is 24.5. The van der Waals surface area contributed by atoms with Gasteiger partial charge in [-0.25, -0.2) is 0 Å². The molecule has 0 bridgehead atoms. The molecule has 0 aliphatic carbocycles. The fraction of sp³-hybridized carbons (Fsp3) is 0.870. The molecular weight excluding hydrogens is 1020 g/mol. The lowest BCUT2D eigenvalue weighted by Crippen LogP contribution is -2.45. The fourth-order valence-corrected chi connectivity index (χ4v) is 11.6. The lowest BCUT2D eigenvalue weighted by Gasteiger charge is -2.20. The van der Waals surface area contributed by atoms with Crippen LogP contribution in [0.4, 0.5) is 0 Å². The normalized spacial score (nSPS) is 12.8. The van der Waals surface area contributed by atoms with Gasteiger partial charge in [-0.2, -0.15) is 0 Å². The first kappa shape index (κ1) is 80.8. The molecule has 0 aliphatic heterocycles. The Morgan fingerprint density at radius 3 is 0.928 bits per heavy atom. The van der Waals surface area contributed by atoms with Crippen molar-refractivity contribution in [3.63, 3.8) is 0 Å². The van der Waals surface area contributed by atoms with Crippen molar-refractivity contribution < 1.29 is 24.5 Å². The summed E-state index contributed by atoms with van der Waals surface area (Å²) in [5.74, 6) is -0.0487. The number of allylic oxidation sites excluding steroid dienone is 7. The molecule has 83 heavy (non-hydrogen) atoms. The minimum atomic E-state index is -0.841. The molecule has 1 amide bonds. The number of unbranched alkanes of at least 4 members (excludes halogenated alkanes) is 53. The number of nitrogens with one attached hydrogen (secondary N) is 1. The highest BCUT2D eigenvalue weighted by molar-refractivity contribution is 5.76. The van der Waals surface area contributed by atoms with Crippen LogP contribution in [0.25, 0.3) is 0 Å². The predicted molar refractivity (Wildman–Crippen MR) is 366 cm³/mol. The first-order valence-corrected chi connectivity index (χ1v) is 37.4. The molecule has 0 aliphatic rings. The van der Waals surface area contributed by atoms with Crippen LogP contribution in [0.5, 0.6) is 0 Å². The van der Waals surface area contributed by atoms with Crippen molar-refractivity contribution in [2.45, 2.75) is 418 Å². The van der Waals surface area contributed by atoms with Crippen LogP contribution in [0.1, 0.15) is 406 Å². The van der Waals surface area contributed by atoms with E-state index in [1.54, 1.807) is 6.08 Å². The largest absolute Gasteiger partial charge is 0.466 e. The Balaban J connectivity index is 3.33. The summed E-state index contributed by atoms with van der Waals surface area (Å²) in [7, 11) is 0. The van der Waals surface area contributed by atoms with Gasteiger partial charge in [0.15, 0.2) is 0 Å². The first-order valence-electron chi connectivity index (χ1n) is 37.4. The average molecular weight is 1170 g/mol. The second-order valence-electron chi connectivity index (χ2n) is 25.6. The quantitative estimate of drug-likeness (QED) is 0.0320. The molecule has 488 valence electrons. The molecule has 6 nitrogen and oxygen atoms in total. The molecule has 0 aromatic heterocycles. The number of carbonyl (C=O) groups is 2. The first-order chi connectivity index (χ1) is 41.0. The van der Waals surface area contributed by atoms with Crippen LogP contribution in [-0.2, 0) is 14.3 Å². The molecule has 0 rings (SSSR count). The zero-order valence-corrected chi connectivity index (χ0v) is 55.9. The molecule has 0 heterocycles. The number of hydrogen-bond acceptors (Lipinski definition) is 5. The Bertz CT molecular complexity index is 1390. The van der Waals surface area contributed by atoms with Crippen molar-refractivity contribution in [2.24, 2.45) is 0 Å². The van der Waals surface area contributed by atoms with Gasteiger partial charge in [0.25, 0.3) is 0 Å². The van der Waals surface area contributed by atoms with Crippen molar-refractivity contribution in [2.75, 3.05) is 13.2 Å². The van der Waals surface area contributed by atoms with Gasteiger partial charge in [0.05, 0.1) is 25.4 Å². The summed E-state index contributed by atoms with van der Waals surface area (Å²) in [6.07, 6.45) is 95.2. The number of carbonyl (C=O) groups excluding carboxylic acids is 2. The molecule has 0 fully saturated rings. The third-order valence-electron chi connectivity index (χ3n) is 17.3. The molecule has 0 saturated carbocycles. The Morgan fingerprint density at radius 2 is 0.602 bits per heavy atom. The van der Waals surface area contributed by atoms with Crippen molar-refractivity contribution >= 4 is 11.9 Å². The average Bonchev–Trinajstić information content (AvgIpc) is 3.50. The van der Waals surface area contributed by atoms with E-state index in [0.717, 1.165) is 51.4 Å². The zero-order chi connectivity index (χ0) is 59.9. The van der Waals surface area contributed by atoms with E-state index in [4.69, 9.17) is 4.74 Å². The second-order valence-corrected chi connectivity index (χ2v) is 25.6. The van der Waals surface area contributed by atoms with Crippen molar-refractivity contribution in [1.82, 2.24) is 5.32 Å². The van der Waals surface area contributed by atoms with Crippen molar-refractivity contribution in [1.29, 1.82) is 0 Å². The molecule has 0 aromatic carbocycles. The van der Waals surface area contributed by atoms with Crippen molar-refractivity contribution in [3.05, 3.63) is 48.6 Å². The third-order valence-corrected chi connectivity index (χ3v) is 17.3. The fourth-order valence-electron chi connectivity index (χ4n) is 11.6. The summed E-state index contributed by atoms with van der Waals surface area (Å²) in [6.45, 7) is 4.90. The number of aliphatic hydroxyl groups excluding tert-OH is 2. The van der Waals surface area contributed by atoms with Crippen LogP contribution in [-0.4, -0.2) is 47.4 Å². The number of amides is 1. The van der Waals surface area contributed by atoms with Gasteiger partial charge in [-0.15, -0.1) is 0 Å².